The monoisotopic (exact) mass is 498 g/mol. The molecule has 0 spiro atoms. The van der Waals surface area contributed by atoms with Gasteiger partial charge in [-0.25, -0.2) is 4.98 Å². The van der Waals surface area contributed by atoms with Gasteiger partial charge < -0.3 is 14.5 Å². The highest BCUT2D eigenvalue weighted by Crippen LogP contribution is 2.33. The van der Waals surface area contributed by atoms with E-state index in [0.717, 1.165) is 15.6 Å². The number of oxazole rings is 1. The third-order valence-corrected chi connectivity index (χ3v) is 5.59. The molecule has 4 rings (SSSR count). The van der Waals surface area contributed by atoms with Gasteiger partial charge >= 0.3 is 0 Å². The smallest absolute Gasteiger partial charge is 0.267 e. The predicted molar refractivity (Wildman–Crippen MR) is 127 cm³/mol. The summed E-state index contributed by atoms with van der Waals surface area (Å²) in [7, 11) is 0. The number of aryl methyl sites for hydroxylation is 1. The maximum Gasteiger partial charge on any atom is 0.267 e. The molecule has 0 saturated heterocycles. The Morgan fingerprint density at radius 3 is 2.58 bits per heavy atom. The molecule has 0 saturated carbocycles. The first kappa shape index (κ1) is 21.4. The average Bonchev–Trinajstić information content (AvgIpc) is 3.14. The fourth-order valence-corrected chi connectivity index (χ4v) is 3.51. The van der Waals surface area contributed by atoms with Crippen molar-refractivity contribution in [3.63, 3.8) is 0 Å². The van der Waals surface area contributed by atoms with Gasteiger partial charge in [0.25, 0.3) is 5.91 Å². The Morgan fingerprint density at radius 2 is 1.84 bits per heavy atom. The fraction of sp³-hybridized carbons (Fsp3) is 0.167. The Morgan fingerprint density at radius 1 is 1.10 bits per heavy atom. The summed E-state index contributed by atoms with van der Waals surface area (Å²) in [5.74, 6) is 0.700. The Balaban J connectivity index is 1.57. The number of aromatic nitrogens is 1. The Bertz CT molecular complexity index is 1270. The molecule has 1 N–H and O–H groups in total. The first-order chi connectivity index (χ1) is 14.7. The molecule has 5 nitrogen and oxygen atoms in total. The number of benzene rings is 3. The van der Waals surface area contributed by atoms with Crippen molar-refractivity contribution in [2.75, 3.05) is 5.32 Å². The van der Waals surface area contributed by atoms with E-state index in [9.17, 15) is 4.79 Å². The SMILES string of the molecule is Cc1ccc2oc(-c3cc(NC(=O)C(C)(C)Oc4ccc(Br)cc4)ccc3Cl)nc2c1. The number of nitrogens with one attached hydrogen (secondary N) is 1. The molecule has 1 aromatic heterocycles. The molecule has 31 heavy (non-hydrogen) atoms. The summed E-state index contributed by atoms with van der Waals surface area (Å²) in [5.41, 5.74) is 2.59. The fourth-order valence-electron chi connectivity index (χ4n) is 3.04. The molecule has 3 aromatic carbocycles. The van der Waals surface area contributed by atoms with Gasteiger partial charge in [0.1, 0.15) is 11.3 Å². The van der Waals surface area contributed by atoms with Crippen LogP contribution in [0.3, 0.4) is 0 Å². The number of halogens is 2. The number of ether oxygens (including phenoxy) is 1. The topological polar surface area (TPSA) is 64.4 Å². The number of amides is 1. The van der Waals surface area contributed by atoms with Crippen LogP contribution in [0, 0.1) is 6.92 Å². The largest absolute Gasteiger partial charge is 0.478 e. The van der Waals surface area contributed by atoms with Crippen molar-refractivity contribution >= 4 is 50.2 Å². The van der Waals surface area contributed by atoms with E-state index < -0.39 is 5.60 Å². The van der Waals surface area contributed by atoms with E-state index in [1.54, 1.807) is 44.2 Å². The molecule has 0 bridgehead atoms. The molecular formula is C24H20BrClN2O3. The maximum absolute atomic E-state index is 12.9. The number of fused-ring (bicyclic) bond motifs is 1. The van der Waals surface area contributed by atoms with Crippen molar-refractivity contribution in [3.8, 4) is 17.2 Å². The minimum atomic E-state index is -1.09. The number of carbonyl (C=O) groups is 1. The molecule has 0 unspecified atom stereocenters. The third-order valence-electron chi connectivity index (χ3n) is 4.73. The van der Waals surface area contributed by atoms with Gasteiger partial charge in [0.2, 0.25) is 5.89 Å². The predicted octanol–water partition coefficient (Wildman–Crippen LogP) is 7.02. The lowest BCUT2D eigenvalue weighted by Gasteiger charge is -2.25. The Labute approximate surface area is 193 Å². The molecule has 0 fully saturated rings. The second-order valence-corrected chi connectivity index (χ2v) is 9.03. The van der Waals surface area contributed by atoms with E-state index >= 15 is 0 Å². The van der Waals surface area contributed by atoms with Gasteiger partial charge in [-0.15, -0.1) is 0 Å². The van der Waals surface area contributed by atoms with Crippen LogP contribution in [0.2, 0.25) is 5.02 Å². The van der Waals surface area contributed by atoms with Crippen LogP contribution in [0.1, 0.15) is 19.4 Å². The van der Waals surface area contributed by atoms with Gasteiger partial charge in [0.15, 0.2) is 11.2 Å². The van der Waals surface area contributed by atoms with Gasteiger partial charge in [-0.05, 0) is 80.9 Å². The molecule has 1 amide bonds. The summed E-state index contributed by atoms with van der Waals surface area (Å²) in [6.07, 6.45) is 0. The van der Waals surface area contributed by atoms with Crippen molar-refractivity contribution in [1.82, 2.24) is 4.98 Å². The molecular weight excluding hydrogens is 480 g/mol. The summed E-state index contributed by atoms with van der Waals surface area (Å²) in [5, 5.41) is 3.37. The third kappa shape index (κ3) is 4.75. The summed E-state index contributed by atoms with van der Waals surface area (Å²) in [4.78, 5) is 17.4. The Kier molecular flexibility index (Phi) is 5.77. The lowest BCUT2D eigenvalue weighted by Crippen LogP contribution is -2.42. The Hall–Kier alpha value is -2.83. The summed E-state index contributed by atoms with van der Waals surface area (Å²) in [6, 6.07) is 18.3. The summed E-state index contributed by atoms with van der Waals surface area (Å²) in [6.45, 7) is 5.42. The average molecular weight is 500 g/mol. The zero-order chi connectivity index (χ0) is 22.2. The van der Waals surface area contributed by atoms with Crippen molar-refractivity contribution in [1.29, 1.82) is 0 Å². The van der Waals surface area contributed by atoms with Gasteiger partial charge in [-0.3, -0.25) is 4.79 Å². The van der Waals surface area contributed by atoms with E-state index in [1.807, 2.05) is 37.3 Å². The van der Waals surface area contributed by atoms with Crippen LogP contribution in [0.25, 0.3) is 22.6 Å². The van der Waals surface area contributed by atoms with Gasteiger partial charge in [0, 0.05) is 10.2 Å². The zero-order valence-electron chi connectivity index (χ0n) is 17.2. The van der Waals surface area contributed by atoms with Crippen LogP contribution in [-0.4, -0.2) is 16.5 Å². The second kappa shape index (κ2) is 8.36. The van der Waals surface area contributed by atoms with Gasteiger partial charge in [-0.1, -0.05) is 33.6 Å². The molecule has 0 aliphatic rings. The van der Waals surface area contributed by atoms with E-state index in [1.165, 1.54) is 0 Å². The quantitative estimate of drug-likeness (QED) is 0.320. The number of hydrogen-bond donors (Lipinski definition) is 1. The number of anilines is 1. The molecule has 158 valence electrons. The van der Waals surface area contributed by atoms with Crippen LogP contribution in [0.15, 0.2) is 69.6 Å². The lowest BCUT2D eigenvalue weighted by molar-refractivity contribution is -0.128. The van der Waals surface area contributed by atoms with Crippen molar-refractivity contribution in [2.24, 2.45) is 0 Å². The van der Waals surface area contributed by atoms with Crippen LogP contribution in [-0.2, 0) is 4.79 Å². The first-order valence-corrected chi connectivity index (χ1v) is 10.8. The van der Waals surface area contributed by atoms with Crippen molar-refractivity contribution in [2.45, 2.75) is 26.4 Å². The van der Waals surface area contributed by atoms with Gasteiger partial charge in [0.05, 0.1) is 10.6 Å². The minimum absolute atomic E-state index is 0.295. The molecule has 0 aliphatic carbocycles. The molecule has 7 heteroatoms. The molecule has 4 aromatic rings. The normalized spacial score (nSPS) is 11.5. The van der Waals surface area contributed by atoms with Crippen LogP contribution >= 0.6 is 27.5 Å². The zero-order valence-corrected chi connectivity index (χ0v) is 19.5. The van der Waals surface area contributed by atoms with Crippen LogP contribution in [0.4, 0.5) is 5.69 Å². The van der Waals surface area contributed by atoms with Crippen molar-refractivity contribution in [3.05, 3.63) is 75.7 Å². The van der Waals surface area contributed by atoms with E-state index in [2.05, 4.69) is 26.2 Å². The highest BCUT2D eigenvalue weighted by atomic mass is 79.9. The summed E-state index contributed by atoms with van der Waals surface area (Å²) >= 11 is 9.78. The highest BCUT2D eigenvalue weighted by molar-refractivity contribution is 9.10. The maximum atomic E-state index is 12.9. The van der Waals surface area contributed by atoms with E-state index in [-0.39, 0.29) is 5.91 Å². The minimum Gasteiger partial charge on any atom is -0.478 e. The van der Waals surface area contributed by atoms with Crippen LogP contribution < -0.4 is 10.1 Å². The molecule has 0 atom stereocenters. The standard InChI is InChI=1S/C24H20BrClN2O3/c1-14-4-11-21-20(12-14)28-22(30-21)18-13-16(7-10-19(18)26)27-23(29)24(2,3)31-17-8-5-15(25)6-9-17/h4-13H,1-3H3,(H,27,29). The molecule has 0 radical (unpaired) electrons. The van der Waals surface area contributed by atoms with E-state index in [0.29, 0.717) is 33.5 Å². The van der Waals surface area contributed by atoms with E-state index in [4.69, 9.17) is 20.8 Å². The second-order valence-electron chi connectivity index (χ2n) is 7.71. The summed E-state index contributed by atoms with van der Waals surface area (Å²) < 4.78 is 12.7. The molecule has 1 heterocycles. The number of hydrogen-bond acceptors (Lipinski definition) is 4. The van der Waals surface area contributed by atoms with Gasteiger partial charge in [-0.2, -0.15) is 0 Å². The number of carbonyl (C=O) groups excluding carboxylic acids is 1. The molecule has 0 aliphatic heterocycles. The number of rotatable bonds is 5. The first-order valence-electron chi connectivity index (χ1n) is 9.64. The van der Waals surface area contributed by atoms with Crippen LogP contribution in [0.5, 0.6) is 5.75 Å². The number of nitrogens with zero attached hydrogens (tertiary/aromatic N) is 1. The lowest BCUT2D eigenvalue weighted by atomic mass is 10.1. The van der Waals surface area contributed by atoms with Crippen molar-refractivity contribution < 1.29 is 13.9 Å². The highest BCUT2D eigenvalue weighted by Gasteiger charge is 2.30.